The van der Waals surface area contributed by atoms with Crippen LogP contribution in [-0.4, -0.2) is 69.8 Å². The minimum absolute atomic E-state index is 0.0191. The SMILES string of the molecule is COC(=O)CCc1c(C(=O)OC(C)(C)C)[nH]c(/C(CNS(C)(=O)=O)=C2\NC(=O)C[C@@]2(C)CC(=O)OC)c1C. The molecule has 2 heterocycles. The molecule has 0 aromatic carbocycles. The fourth-order valence-corrected chi connectivity index (χ4v) is 4.75. The highest BCUT2D eigenvalue weighted by molar-refractivity contribution is 7.88. The number of carbonyl (C=O) groups is 4. The third-order valence-electron chi connectivity index (χ3n) is 6.08. The van der Waals surface area contributed by atoms with Crippen molar-refractivity contribution in [1.29, 1.82) is 0 Å². The summed E-state index contributed by atoms with van der Waals surface area (Å²) in [5.41, 5.74) is 0.290. The monoisotopic (exact) mass is 555 g/mol. The Kier molecular flexibility index (Phi) is 9.54. The van der Waals surface area contributed by atoms with Gasteiger partial charge in [-0.15, -0.1) is 0 Å². The largest absolute Gasteiger partial charge is 0.469 e. The summed E-state index contributed by atoms with van der Waals surface area (Å²) in [5, 5.41) is 2.78. The first-order valence-electron chi connectivity index (χ1n) is 12.0. The van der Waals surface area contributed by atoms with E-state index >= 15 is 0 Å². The predicted octanol–water partition coefficient (Wildman–Crippen LogP) is 1.73. The maximum atomic E-state index is 13.2. The van der Waals surface area contributed by atoms with Crippen molar-refractivity contribution in [3.63, 3.8) is 0 Å². The number of carbonyl (C=O) groups excluding carboxylic acids is 4. The lowest BCUT2D eigenvalue weighted by atomic mass is 9.80. The van der Waals surface area contributed by atoms with E-state index in [1.165, 1.54) is 14.2 Å². The van der Waals surface area contributed by atoms with Gasteiger partial charge in [0.2, 0.25) is 15.9 Å². The van der Waals surface area contributed by atoms with Gasteiger partial charge >= 0.3 is 17.9 Å². The van der Waals surface area contributed by atoms with Crippen molar-refractivity contribution in [2.75, 3.05) is 27.0 Å². The van der Waals surface area contributed by atoms with Crippen molar-refractivity contribution >= 4 is 39.4 Å². The summed E-state index contributed by atoms with van der Waals surface area (Å²) in [6.07, 6.45) is 0.930. The van der Waals surface area contributed by atoms with Gasteiger partial charge in [-0.05, 0) is 45.2 Å². The fourth-order valence-electron chi connectivity index (χ4n) is 4.34. The number of allylic oxidation sites excluding steroid dienone is 1. The molecule has 1 aliphatic rings. The quantitative estimate of drug-likeness (QED) is 0.287. The van der Waals surface area contributed by atoms with Crippen LogP contribution in [0.3, 0.4) is 0 Å². The van der Waals surface area contributed by atoms with Crippen LogP contribution in [0.25, 0.3) is 5.57 Å². The standard InChI is InChI=1S/C25H37N3O9S/c1-14-15(9-10-18(30)35-6)21(23(32)37-24(2,3)4)28-20(14)16(13-26-38(8,33)34)22-25(5,11-17(29)27-22)12-19(31)36-7/h26,28H,9-13H2,1-8H3,(H,27,29)/b22-16-/t25-/m0/s1. The highest BCUT2D eigenvalue weighted by Gasteiger charge is 2.43. The van der Waals surface area contributed by atoms with Crippen molar-refractivity contribution in [2.45, 2.75) is 65.9 Å². The second kappa shape index (κ2) is 11.7. The number of nitrogens with one attached hydrogen (secondary N) is 3. The van der Waals surface area contributed by atoms with Crippen LogP contribution in [0.4, 0.5) is 0 Å². The highest BCUT2D eigenvalue weighted by atomic mass is 32.2. The van der Waals surface area contributed by atoms with E-state index < -0.39 is 38.9 Å². The molecule has 38 heavy (non-hydrogen) atoms. The lowest BCUT2D eigenvalue weighted by molar-refractivity contribution is -0.143. The van der Waals surface area contributed by atoms with E-state index in [-0.39, 0.29) is 43.8 Å². The van der Waals surface area contributed by atoms with Crippen molar-refractivity contribution in [1.82, 2.24) is 15.0 Å². The molecule has 0 radical (unpaired) electrons. The Hall–Kier alpha value is -3.19. The van der Waals surface area contributed by atoms with Gasteiger partial charge in [0, 0.05) is 41.8 Å². The molecule has 1 aliphatic heterocycles. The van der Waals surface area contributed by atoms with Gasteiger partial charge in [0.05, 0.1) is 26.9 Å². The van der Waals surface area contributed by atoms with Crippen molar-refractivity contribution in [3.8, 4) is 0 Å². The molecule has 0 spiro atoms. The van der Waals surface area contributed by atoms with E-state index in [0.717, 1.165) is 6.26 Å². The predicted molar refractivity (Wildman–Crippen MR) is 138 cm³/mol. The van der Waals surface area contributed by atoms with Crippen LogP contribution in [0.5, 0.6) is 0 Å². The molecular weight excluding hydrogens is 518 g/mol. The summed E-state index contributed by atoms with van der Waals surface area (Å²) in [6.45, 7) is 8.30. The van der Waals surface area contributed by atoms with Crippen LogP contribution >= 0.6 is 0 Å². The van der Waals surface area contributed by atoms with Gasteiger partial charge in [-0.25, -0.2) is 17.9 Å². The Morgan fingerprint density at radius 1 is 1.08 bits per heavy atom. The number of rotatable bonds is 10. The number of amides is 1. The molecule has 0 saturated carbocycles. The Bertz CT molecular complexity index is 1260. The number of esters is 3. The number of methoxy groups -OCH3 is 2. The smallest absolute Gasteiger partial charge is 0.355 e. The second-order valence-electron chi connectivity index (χ2n) is 10.5. The average Bonchev–Trinajstić information content (AvgIpc) is 3.26. The molecule has 0 aliphatic carbocycles. The summed E-state index contributed by atoms with van der Waals surface area (Å²) >= 11 is 0. The number of aromatic nitrogens is 1. The van der Waals surface area contributed by atoms with Crippen LogP contribution in [0.15, 0.2) is 5.70 Å². The highest BCUT2D eigenvalue weighted by Crippen LogP contribution is 2.43. The van der Waals surface area contributed by atoms with E-state index in [0.29, 0.717) is 28.1 Å². The minimum Gasteiger partial charge on any atom is -0.469 e. The third-order valence-corrected chi connectivity index (χ3v) is 6.75. The molecule has 1 aromatic rings. The van der Waals surface area contributed by atoms with Crippen molar-refractivity contribution < 1.29 is 41.8 Å². The lowest BCUT2D eigenvalue weighted by Crippen LogP contribution is -2.30. The van der Waals surface area contributed by atoms with E-state index in [1.807, 2.05) is 0 Å². The number of ether oxygens (including phenoxy) is 3. The van der Waals surface area contributed by atoms with E-state index in [1.54, 1.807) is 34.6 Å². The van der Waals surface area contributed by atoms with Crippen LogP contribution in [0.1, 0.15) is 74.3 Å². The number of hydrogen-bond acceptors (Lipinski definition) is 9. The molecule has 0 bridgehead atoms. The summed E-state index contributed by atoms with van der Waals surface area (Å²) < 4.78 is 41.6. The van der Waals surface area contributed by atoms with Gasteiger partial charge in [0.1, 0.15) is 11.3 Å². The van der Waals surface area contributed by atoms with Gasteiger partial charge < -0.3 is 24.5 Å². The number of aromatic amines is 1. The van der Waals surface area contributed by atoms with E-state index in [2.05, 4.69) is 15.0 Å². The van der Waals surface area contributed by atoms with Crippen molar-refractivity contribution in [3.05, 3.63) is 28.2 Å². The Morgan fingerprint density at radius 3 is 2.21 bits per heavy atom. The van der Waals surface area contributed by atoms with Gasteiger partial charge in [0.25, 0.3) is 0 Å². The molecule has 1 saturated heterocycles. The molecule has 13 heteroatoms. The van der Waals surface area contributed by atoms with Crippen LogP contribution < -0.4 is 10.0 Å². The van der Waals surface area contributed by atoms with E-state index in [9.17, 15) is 27.6 Å². The van der Waals surface area contributed by atoms with Crippen LogP contribution in [-0.2, 0) is 45.0 Å². The van der Waals surface area contributed by atoms with Gasteiger partial charge in [-0.1, -0.05) is 6.92 Å². The minimum atomic E-state index is -3.67. The first-order chi connectivity index (χ1) is 17.4. The lowest BCUT2D eigenvalue weighted by Gasteiger charge is -2.26. The molecule has 212 valence electrons. The zero-order valence-electron chi connectivity index (χ0n) is 23.1. The third kappa shape index (κ3) is 7.90. The molecule has 1 atom stereocenters. The average molecular weight is 556 g/mol. The Morgan fingerprint density at radius 2 is 1.68 bits per heavy atom. The summed E-state index contributed by atoms with van der Waals surface area (Å²) in [4.78, 5) is 52.9. The van der Waals surface area contributed by atoms with Gasteiger partial charge in [-0.3, -0.25) is 14.4 Å². The Balaban J connectivity index is 2.80. The molecule has 3 N–H and O–H groups in total. The fraction of sp³-hybridized carbons (Fsp3) is 0.600. The number of hydrogen-bond donors (Lipinski definition) is 3. The summed E-state index contributed by atoms with van der Waals surface area (Å²) in [5.74, 6) is -2.05. The second-order valence-corrected chi connectivity index (χ2v) is 12.4. The number of sulfonamides is 1. The van der Waals surface area contributed by atoms with Crippen LogP contribution in [0.2, 0.25) is 0 Å². The first kappa shape index (κ1) is 31.0. The molecule has 0 unspecified atom stereocenters. The maximum absolute atomic E-state index is 13.2. The topological polar surface area (TPSA) is 170 Å². The summed E-state index contributed by atoms with van der Waals surface area (Å²) in [7, 11) is -1.17. The van der Waals surface area contributed by atoms with Crippen LogP contribution in [0, 0.1) is 12.3 Å². The molecule has 2 rings (SSSR count). The zero-order chi connectivity index (χ0) is 29.1. The molecule has 1 fully saturated rings. The van der Waals surface area contributed by atoms with E-state index in [4.69, 9.17) is 14.2 Å². The number of H-pyrrole nitrogens is 1. The van der Waals surface area contributed by atoms with Crippen molar-refractivity contribution in [2.24, 2.45) is 5.41 Å². The van der Waals surface area contributed by atoms with Gasteiger partial charge in [0.15, 0.2) is 0 Å². The van der Waals surface area contributed by atoms with Gasteiger partial charge in [-0.2, -0.15) is 0 Å². The normalized spacial score (nSPS) is 19.1. The maximum Gasteiger partial charge on any atom is 0.355 e. The molecular formula is C25H37N3O9S. The first-order valence-corrected chi connectivity index (χ1v) is 13.9. The summed E-state index contributed by atoms with van der Waals surface area (Å²) in [6, 6.07) is 0. The Labute approximate surface area is 222 Å². The molecule has 1 amide bonds. The molecule has 1 aromatic heterocycles. The zero-order valence-corrected chi connectivity index (χ0v) is 23.9. The molecule has 12 nitrogen and oxygen atoms in total.